The summed E-state index contributed by atoms with van der Waals surface area (Å²) in [7, 11) is 0. The van der Waals surface area contributed by atoms with E-state index in [-0.39, 0.29) is 25.4 Å². The molecule has 0 aliphatic heterocycles. The molecule has 1 aliphatic carbocycles. The number of amides is 6. The Morgan fingerprint density at radius 1 is 0.880 bits per heavy atom. The fourth-order valence-corrected chi connectivity index (χ4v) is 6.16. The molecule has 0 fully saturated rings. The van der Waals surface area contributed by atoms with Gasteiger partial charge in [-0.25, -0.2) is 4.79 Å². The third kappa shape index (κ3) is 8.98. The summed E-state index contributed by atoms with van der Waals surface area (Å²) in [4.78, 5) is 81.9. The Labute approximate surface area is 290 Å². The predicted molar refractivity (Wildman–Crippen MR) is 186 cm³/mol. The maximum Gasteiger partial charge on any atom is 0.408 e. The third-order valence-corrected chi connectivity index (χ3v) is 9.26. The third-order valence-electron chi connectivity index (χ3n) is 9.26. The van der Waals surface area contributed by atoms with Crippen LogP contribution >= 0.6 is 0 Å². The lowest BCUT2D eigenvalue weighted by Crippen LogP contribution is -2.67. The molecule has 4 rings (SSSR count). The van der Waals surface area contributed by atoms with Crippen molar-refractivity contribution in [1.29, 1.82) is 0 Å². The fourth-order valence-electron chi connectivity index (χ4n) is 6.16. The molecule has 1 heterocycles. The van der Waals surface area contributed by atoms with Gasteiger partial charge in [-0.2, -0.15) is 0 Å². The highest BCUT2D eigenvalue weighted by atomic mass is 16.5. The molecule has 9 N–H and O–H groups in total. The molecule has 3 aromatic rings. The lowest BCUT2D eigenvalue weighted by atomic mass is 9.78. The summed E-state index contributed by atoms with van der Waals surface area (Å²) in [5.74, 6) is -4.58. The van der Waals surface area contributed by atoms with E-state index in [9.17, 15) is 28.8 Å². The second-order valence-corrected chi connectivity index (χ2v) is 13.3. The molecule has 0 radical (unpaired) electrons. The van der Waals surface area contributed by atoms with Crippen molar-refractivity contribution in [2.24, 2.45) is 23.3 Å². The first-order valence-electron chi connectivity index (χ1n) is 16.8. The molecule has 50 heavy (non-hydrogen) atoms. The molecule has 6 amide bonds. The topological polar surface area (TPSA) is 228 Å². The Bertz CT molecular complexity index is 1720. The summed E-state index contributed by atoms with van der Waals surface area (Å²) in [5, 5.41) is 11.8. The molecular formula is C36H47N7O7. The van der Waals surface area contributed by atoms with Crippen LogP contribution in [-0.4, -0.2) is 64.3 Å². The Morgan fingerprint density at radius 3 is 2.20 bits per heavy atom. The molecule has 14 heteroatoms. The maximum atomic E-state index is 14.5. The number of hydrogen-bond acceptors (Lipinski definition) is 7. The smallest absolute Gasteiger partial charge is 0.408 e. The van der Waals surface area contributed by atoms with Crippen LogP contribution < -0.4 is 32.7 Å². The highest BCUT2D eigenvalue weighted by molar-refractivity contribution is 5.99. The average Bonchev–Trinajstić information content (AvgIpc) is 3.45. The number of rotatable bonds is 15. The molecule has 5 atom stereocenters. The van der Waals surface area contributed by atoms with Gasteiger partial charge in [-0.1, -0.05) is 82.6 Å². The van der Waals surface area contributed by atoms with Crippen LogP contribution in [0.3, 0.4) is 0 Å². The first-order chi connectivity index (χ1) is 23.7. The van der Waals surface area contributed by atoms with Crippen molar-refractivity contribution < 1.29 is 33.5 Å². The number of aromatic nitrogens is 1. The number of carbonyl (C=O) groups is 6. The quantitative estimate of drug-likeness (QED) is 0.125. The van der Waals surface area contributed by atoms with Crippen LogP contribution in [-0.2, 0) is 48.2 Å². The highest BCUT2D eigenvalue weighted by Crippen LogP contribution is 2.35. The number of aromatic amines is 1. The SMILES string of the molecule is CC[C@H](C)[C@H](NC(=O)OCc1ccccc1)C(=O)N[C@]1(C(=O)N[C@@H](C(=O)N[C@@H](CC(N)=O)C(N)=O)C(C)C)CCc2[nH]c3ccccc3c2C1. The summed E-state index contributed by atoms with van der Waals surface area (Å²) in [6, 6.07) is 13.2. The molecule has 0 bridgehead atoms. The molecule has 0 saturated carbocycles. The van der Waals surface area contributed by atoms with Gasteiger partial charge in [0.1, 0.15) is 30.3 Å². The molecule has 2 aromatic carbocycles. The number of hydrogen-bond donors (Lipinski definition) is 7. The molecule has 268 valence electrons. The van der Waals surface area contributed by atoms with Crippen molar-refractivity contribution in [3.63, 3.8) is 0 Å². The minimum Gasteiger partial charge on any atom is -0.445 e. The summed E-state index contributed by atoms with van der Waals surface area (Å²) in [6.45, 7) is 7.10. The zero-order chi connectivity index (χ0) is 36.6. The molecule has 1 aromatic heterocycles. The monoisotopic (exact) mass is 689 g/mol. The Balaban J connectivity index is 1.63. The van der Waals surface area contributed by atoms with E-state index in [2.05, 4.69) is 26.3 Å². The van der Waals surface area contributed by atoms with Crippen molar-refractivity contribution in [3.05, 3.63) is 71.4 Å². The number of H-pyrrole nitrogens is 1. The van der Waals surface area contributed by atoms with Gasteiger partial charge in [0.15, 0.2) is 0 Å². The van der Waals surface area contributed by atoms with Gasteiger partial charge in [-0.15, -0.1) is 0 Å². The van der Waals surface area contributed by atoms with Gasteiger partial charge in [0.25, 0.3) is 0 Å². The number of primary amides is 2. The van der Waals surface area contributed by atoms with Crippen LogP contribution in [0.1, 0.15) is 63.8 Å². The second-order valence-electron chi connectivity index (χ2n) is 13.3. The van der Waals surface area contributed by atoms with Crippen molar-refractivity contribution in [2.45, 2.75) is 90.1 Å². The van der Waals surface area contributed by atoms with Crippen molar-refractivity contribution in [3.8, 4) is 0 Å². The minimum absolute atomic E-state index is 0.00586. The predicted octanol–water partition coefficient (Wildman–Crippen LogP) is 1.84. The van der Waals surface area contributed by atoms with Crippen LogP contribution in [0, 0.1) is 11.8 Å². The van der Waals surface area contributed by atoms with E-state index in [0.29, 0.717) is 12.8 Å². The highest BCUT2D eigenvalue weighted by Gasteiger charge is 2.47. The summed E-state index contributed by atoms with van der Waals surface area (Å²) < 4.78 is 5.41. The Hall–Kier alpha value is -5.40. The maximum absolute atomic E-state index is 14.5. The van der Waals surface area contributed by atoms with Crippen LogP contribution in [0.25, 0.3) is 10.9 Å². The Morgan fingerprint density at radius 2 is 1.56 bits per heavy atom. The first-order valence-corrected chi connectivity index (χ1v) is 16.8. The van der Waals surface area contributed by atoms with Crippen molar-refractivity contribution in [2.75, 3.05) is 0 Å². The minimum atomic E-state index is -1.54. The standard InChI is InChI=1S/C36H47N7O7/c1-5-21(4)30(42-35(49)50-19-22-11-7-6-8-12-22)33(47)43-36(16-15-26-24(18-36)23-13-9-10-14-25(23)39-26)34(48)41-29(20(2)3)32(46)40-27(31(38)45)17-28(37)44/h6-14,20-21,27,29-30,39H,5,15-19H2,1-4H3,(H2,37,44)(H2,38,45)(H,40,46)(H,41,48)(H,42,49)(H,43,47)/t21-,27-,29+,30-,36+/m0/s1. The van der Waals surface area contributed by atoms with Crippen LogP contribution in [0.4, 0.5) is 4.79 Å². The van der Waals surface area contributed by atoms with Gasteiger partial charge in [-0.05, 0) is 41.9 Å². The summed E-state index contributed by atoms with van der Waals surface area (Å²) >= 11 is 0. The van der Waals surface area contributed by atoms with Crippen molar-refractivity contribution in [1.82, 2.24) is 26.3 Å². The molecule has 0 unspecified atom stereocenters. The fraction of sp³-hybridized carbons (Fsp3) is 0.444. The largest absolute Gasteiger partial charge is 0.445 e. The second kappa shape index (κ2) is 16.3. The lowest BCUT2D eigenvalue weighted by molar-refractivity contribution is -0.138. The number of para-hydroxylation sites is 1. The van der Waals surface area contributed by atoms with E-state index < -0.39 is 71.6 Å². The molecule has 14 nitrogen and oxygen atoms in total. The zero-order valence-corrected chi connectivity index (χ0v) is 28.8. The average molecular weight is 690 g/mol. The van der Waals surface area contributed by atoms with Crippen LogP contribution in [0.15, 0.2) is 54.6 Å². The first kappa shape index (κ1) is 37.4. The number of benzene rings is 2. The lowest BCUT2D eigenvalue weighted by Gasteiger charge is -2.39. The van der Waals surface area contributed by atoms with Crippen LogP contribution in [0.2, 0.25) is 0 Å². The molecular weight excluding hydrogens is 642 g/mol. The summed E-state index contributed by atoms with van der Waals surface area (Å²) in [6.07, 6.45) is -0.0982. The van der Waals surface area contributed by atoms with E-state index in [1.807, 2.05) is 68.4 Å². The number of aryl methyl sites for hydroxylation is 1. The van der Waals surface area contributed by atoms with Gasteiger partial charge >= 0.3 is 6.09 Å². The molecule has 0 spiro atoms. The number of ether oxygens (including phenoxy) is 1. The number of fused-ring (bicyclic) bond motifs is 3. The number of carbonyl (C=O) groups excluding carboxylic acids is 6. The van der Waals surface area contributed by atoms with Gasteiger partial charge in [-0.3, -0.25) is 24.0 Å². The molecule has 1 aliphatic rings. The number of nitrogens with two attached hydrogens (primary N) is 2. The summed E-state index contributed by atoms with van der Waals surface area (Å²) in [5.41, 5.74) is 12.5. The van der Waals surface area contributed by atoms with E-state index in [4.69, 9.17) is 16.2 Å². The normalized spacial score (nSPS) is 17.8. The van der Waals surface area contributed by atoms with Gasteiger partial charge < -0.3 is 42.5 Å². The van der Waals surface area contributed by atoms with E-state index >= 15 is 0 Å². The van der Waals surface area contributed by atoms with Gasteiger partial charge in [0, 0.05) is 23.0 Å². The zero-order valence-electron chi connectivity index (χ0n) is 28.8. The van der Waals surface area contributed by atoms with E-state index in [1.54, 1.807) is 13.8 Å². The number of alkyl carbamates (subject to hydrolysis) is 1. The Kier molecular flexibility index (Phi) is 12.2. The van der Waals surface area contributed by atoms with Gasteiger partial charge in [0.05, 0.1) is 6.42 Å². The molecule has 0 saturated heterocycles. The van der Waals surface area contributed by atoms with Crippen molar-refractivity contribution >= 4 is 46.5 Å². The van der Waals surface area contributed by atoms with Crippen LogP contribution in [0.5, 0.6) is 0 Å². The number of nitrogens with one attached hydrogen (secondary N) is 5. The van der Waals surface area contributed by atoms with Gasteiger partial charge in [0.2, 0.25) is 29.5 Å². The van der Waals surface area contributed by atoms with E-state index in [1.165, 1.54) is 0 Å². The van der Waals surface area contributed by atoms with E-state index in [0.717, 1.165) is 27.7 Å².